The maximum Gasteiger partial charge on any atom is 0.225 e. The first-order valence-corrected chi connectivity index (χ1v) is 8.76. The molecule has 4 unspecified atom stereocenters. The minimum Gasteiger partial charge on any atom is -0.386 e. The Hall–Kier alpha value is -1.92. The number of aliphatic hydroxyl groups excluding tert-OH is 1. The Labute approximate surface area is 149 Å². The molecule has 0 radical (unpaired) electrons. The summed E-state index contributed by atoms with van der Waals surface area (Å²) in [5, 5.41) is 13.3. The highest BCUT2D eigenvalue weighted by atomic mass is 16.5. The van der Waals surface area contributed by atoms with Crippen molar-refractivity contribution in [1.29, 1.82) is 0 Å². The Kier molecular flexibility index (Phi) is 6.96. The first-order valence-electron chi connectivity index (χ1n) is 8.76. The van der Waals surface area contributed by atoms with Crippen LogP contribution in [0.4, 0.5) is 0 Å². The molecule has 2 rings (SSSR count). The monoisotopic (exact) mass is 348 g/mol. The zero-order valence-electron chi connectivity index (χ0n) is 15.1. The fourth-order valence-corrected chi connectivity index (χ4v) is 3.52. The third-order valence-corrected chi connectivity index (χ3v) is 5.02. The third kappa shape index (κ3) is 4.58. The highest BCUT2D eigenvalue weighted by molar-refractivity contribution is 5.79. The van der Waals surface area contributed by atoms with E-state index in [1.54, 1.807) is 25.9 Å². The zero-order valence-corrected chi connectivity index (χ0v) is 15.1. The van der Waals surface area contributed by atoms with Crippen LogP contribution in [0.5, 0.6) is 0 Å². The molecule has 138 valence electrons. The van der Waals surface area contributed by atoms with Gasteiger partial charge in [-0.1, -0.05) is 37.3 Å². The van der Waals surface area contributed by atoms with E-state index >= 15 is 0 Å². The minimum absolute atomic E-state index is 0.0856. The molecule has 2 amide bonds. The van der Waals surface area contributed by atoms with Gasteiger partial charge in [0, 0.05) is 13.7 Å². The molecule has 0 saturated carbocycles. The highest BCUT2D eigenvalue weighted by Gasteiger charge is 2.37. The lowest BCUT2D eigenvalue weighted by Gasteiger charge is -2.32. The van der Waals surface area contributed by atoms with Gasteiger partial charge in [-0.25, -0.2) is 0 Å². The molecule has 1 fully saturated rings. The summed E-state index contributed by atoms with van der Waals surface area (Å²) in [6.45, 7) is 4.27. The van der Waals surface area contributed by atoms with E-state index in [9.17, 15) is 14.7 Å². The van der Waals surface area contributed by atoms with Gasteiger partial charge in [0.2, 0.25) is 12.3 Å². The topological polar surface area (TPSA) is 78.9 Å². The van der Waals surface area contributed by atoms with Gasteiger partial charge in [0.15, 0.2) is 0 Å². The number of hydrogen-bond acceptors (Lipinski definition) is 4. The number of nitrogens with zero attached hydrogens (tertiary/aromatic N) is 1. The minimum atomic E-state index is -0.781. The van der Waals surface area contributed by atoms with Crippen molar-refractivity contribution < 1.29 is 19.4 Å². The second-order valence-corrected chi connectivity index (χ2v) is 6.69. The number of methoxy groups -OCH3 is 1. The number of likely N-dealkylation sites (tertiary alicyclic amines) is 1. The predicted molar refractivity (Wildman–Crippen MR) is 94.8 cm³/mol. The summed E-state index contributed by atoms with van der Waals surface area (Å²) in [5.41, 5.74) is 0.758. The summed E-state index contributed by atoms with van der Waals surface area (Å²) in [7, 11) is 1.57. The van der Waals surface area contributed by atoms with E-state index in [2.05, 4.69) is 5.32 Å². The van der Waals surface area contributed by atoms with Crippen molar-refractivity contribution in [2.24, 2.45) is 5.92 Å². The Morgan fingerprint density at radius 3 is 2.64 bits per heavy atom. The van der Waals surface area contributed by atoms with Crippen LogP contribution in [0.25, 0.3) is 0 Å². The van der Waals surface area contributed by atoms with Gasteiger partial charge in [-0.3, -0.25) is 9.59 Å². The van der Waals surface area contributed by atoms with Crippen LogP contribution in [0.2, 0.25) is 0 Å². The smallest absolute Gasteiger partial charge is 0.225 e. The molecule has 1 aliphatic heterocycles. The van der Waals surface area contributed by atoms with Crippen molar-refractivity contribution in [3.05, 3.63) is 35.9 Å². The fourth-order valence-electron chi connectivity index (χ4n) is 3.52. The van der Waals surface area contributed by atoms with E-state index in [0.29, 0.717) is 6.54 Å². The Balaban J connectivity index is 1.99. The molecular weight excluding hydrogens is 320 g/mol. The molecule has 6 heteroatoms. The Bertz CT molecular complexity index is 566. The molecule has 6 nitrogen and oxygen atoms in total. The van der Waals surface area contributed by atoms with Crippen molar-refractivity contribution >= 4 is 12.3 Å². The van der Waals surface area contributed by atoms with Gasteiger partial charge in [0.25, 0.3) is 0 Å². The summed E-state index contributed by atoms with van der Waals surface area (Å²) in [6, 6.07) is 8.73. The number of carbonyl (C=O) groups excluding carboxylic acids is 2. The lowest BCUT2D eigenvalue weighted by molar-refractivity contribution is -0.134. The molecule has 1 saturated heterocycles. The third-order valence-electron chi connectivity index (χ3n) is 5.02. The molecule has 1 heterocycles. The van der Waals surface area contributed by atoms with E-state index in [-0.39, 0.29) is 18.1 Å². The summed E-state index contributed by atoms with van der Waals surface area (Å²) in [5.74, 6) is -0.618. The normalized spacial score (nSPS) is 22.1. The molecule has 1 aliphatic rings. The quantitative estimate of drug-likeness (QED) is 0.698. The van der Waals surface area contributed by atoms with E-state index in [1.165, 1.54) is 0 Å². The molecule has 2 N–H and O–H groups in total. The number of ether oxygens (including phenoxy) is 1. The van der Waals surface area contributed by atoms with Gasteiger partial charge in [-0.05, 0) is 25.3 Å². The number of benzene rings is 1. The average Bonchev–Trinajstić information content (AvgIpc) is 3.10. The van der Waals surface area contributed by atoms with Crippen LogP contribution in [0.1, 0.15) is 38.4 Å². The standard InChI is InChI=1S/C19H28N2O4/c1-13(18(25-3)16-10-7-11-21(16)12-22)19(24)20-14(2)17(23)15-8-5-4-6-9-15/h4-6,8-9,12-14,16-18,23H,7,10-11H2,1-3H3,(H,20,24)/t13?,14?,16-,17?,18?/m0/s1. The van der Waals surface area contributed by atoms with Crippen LogP contribution in [-0.2, 0) is 14.3 Å². The van der Waals surface area contributed by atoms with E-state index in [4.69, 9.17) is 4.74 Å². The van der Waals surface area contributed by atoms with Crippen molar-refractivity contribution in [3.63, 3.8) is 0 Å². The fraction of sp³-hybridized carbons (Fsp3) is 0.579. The van der Waals surface area contributed by atoms with E-state index < -0.39 is 18.1 Å². The summed E-state index contributed by atoms with van der Waals surface area (Å²) in [4.78, 5) is 25.5. The van der Waals surface area contributed by atoms with Crippen molar-refractivity contribution in [3.8, 4) is 0 Å². The summed E-state index contributed by atoms with van der Waals surface area (Å²) >= 11 is 0. The number of aliphatic hydroxyl groups is 1. The van der Waals surface area contributed by atoms with Gasteiger partial charge < -0.3 is 20.1 Å². The predicted octanol–water partition coefficient (Wildman–Crippen LogP) is 1.50. The molecule has 0 spiro atoms. The number of carbonyl (C=O) groups is 2. The van der Waals surface area contributed by atoms with Crippen molar-refractivity contribution in [1.82, 2.24) is 10.2 Å². The van der Waals surface area contributed by atoms with Crippen LogP contribution < -0.4 is 5.32 Å². The molecular formula is C19H28N2O4. The van der Waals surface area contributed by atoms with Crippen LogP contribution in [0.3, 0.4) is 0 Å². The van der Waals surface area contributed by atoms with Crippen molar-refractivity contribution in [2.45, 2.75) is 51.0 Å². The molecule has 1 aromatic carbocycles. The SMILES string of the molecule is COC(C(C)C(=O)NC(C)C(O)c1ccccc1)[C@@H]1CCCN1C=O. The van der Waals surface area contributed by atoms with E-state index in [0.717, 1.165) is 24.8 Å². The molecule has 0 bridgehead atoms. The molecule has 1 aromatic rings. The van der Waals surface area contributed by atoms with Gasteiger partial charge in [0.05, 0.1) is 30.2 Å². The van der Waals surface area contributed by atoms with Crippen LogP contribution in [0.15, 0.2) is 30.3 Å². The van der Waals surface area contributed by atoms with Crippen LogP contribution in [0, 0.1) is 5.92 Å². The molecule has 0 aliphatic carbocycles. The first-order chi connectivity index (χ1) is 12.0. The van der Waals surface area contributed by atoms with Crippen molar-refractivity contribution in [2.75, 3.05) is 13.7 Å². The molecule has 0 aromatic heterocycles. The van der Waals surface area contributed by atoms with Gasteiger partial charge >= 0.3 is 0 Å². The highest BCUT2D eigenvalue weighted by Crippen LogP contribution is 2.25. The largest absolute Gasteiger partial charge is 0.386 e. The number of hydrogen-bond donors (Lipinski definition) is 2. The maximum absolute atomic E-state index is 12.6. The lowest BCUT2D eigenvalue weighted by Crippen LogP contribution is -2.49. The zero-order chi connectivity index (χ0) is 18.4. The second kappa shape index (κ2) is 8.97. The number of rotatable bonds is 8. The summed E-state index contributed by atoms with van der Waals surface area (Å²) in [6.07, 6.45) is 1.43. The summed E-state index contributed by atoms with van der Waals surface area (Å²) < 4.78 is 5.55. The van der Waals surface area contributed by atoms with Crippen LogP contribution >= 0.6 is 0 Å². The first kappa shape index (κ1) is 19.4. The van der Waals surface area contributed by atoms with E-state index in [1.807, 2.05) is 30.3 Å². The van der Waals surface area contributed by atoms with Gasteiger partial charge in [-0.15, -0.1) is 0 Å². The lowest BCUT2D eigenvalue weighted by atomic mass is 9.94. The number of nitrogens with one attached hydrogen (secondary N) is 1. The second-order valence-electron chi connectivity index (χ2n) is 6.69. The Morgan fingerprint density at radius 1 is 1.36 bits per heavy atom. The number of amides is 2. The van der Waals surface area contributed by atoms with Gasteiger partial charge in [-0.2, -0.15) is 0 Å². The molecule has 25 heavy (non-hydrogen) atoms. The Morgan fingerprint density at radius 2 is 2.04 bits per heavy atom. The van der Waals surface area contributed by atoms with Gasteiger partial charge in [0.1, 0.15) is 0 Å². The molecule has 5 atom stereocenters. The average molecular weight is 348 g/mol. The maximum atomic E-state index is 12.6. The van der Waals surface area contributed by atoms with Crippen LogP contribution in [-0.4, -0.2) is 54.2 Å².